The quantitative estimate of drug-likeness (QED) is 0.0484. The second-order valence-corrected chi connectivity index (χ2v) is 21.7. The number of hydrogen-bond acceptors (Lipinski definition) is 6. The van der Waals surface area contributed by atoms with Crippen LogP contribution in [-0.2, 0) is 23.7 Å². The summed E-state index contributed by atoms with van der Waals surface area (Å²) in [6, 6.07) is 0. The van der Waals surface area contributed by atoms with Crippen molar-refractivity contribution in [1.82, 2.24) is 4.90 Å². The summed E-state index contributed by atoms with van der Waals surface area (Å²) in [5, 5.41) is 0. The van der Waals surface area contributed by atoms with E-state index in [1.807, 2.05) is 7.11 Å². The van der Waals surface area contributed by atoms with E-state index < -0.39 is 0 Å². The molecule has 0 spiro atoms. The van der Waals surface area contributed by atoms with E-state index in [9.17, 15) is 0 Å². The lowest BCUT2D eigenvalue weighted by atomic mass is 9.47. The van der Waals surface area contributed by atoms with Crippen molar-refractivity contribution in [2.75, 3.05) is 66.4 Å². The Morgan fingerprint density at radius 1 is 0.742 bits per heavy atom. The normalized spacial score (nSPS) is 30.7. The standard InChI is InChI=1S/C56H99NO5/c1-7-8-9-10-11-12-13-14-15-16-17-18-19-20-21-24-37-60-45-51(44-57-36-33-50(43-57)58-6)62-41-39-59-38-40-61-49-31-34-56(5)48(42-49)27-29-52-53-30-28-47(26-23-22-25-46(2)3)55(53,4)35-32-54(52)56/h11-12,14-15,27,46-47,49-54H,7-10,13,16-26,28-45H2,1-6H3/b12-11-,15-14-/t47-,49-,50?,51?,52-,53-,54-,55+,56-/m0/s1. The summed E-state index contributed by atoms with van der Waals surface area (Å²) in [6.07, 6.45) is 45.7. The van der Waals surface area contributed by atoms with Gasteiger partial charge in [-0.1, -0.05) is 128 Å². The van der Waals surface area contributed by atoms with E-state index in [0.29, 0.717) is 56.1 Å². The van der Waals surface area contributed by atoms with E-state index in [4.69, 9.17) is 23.7 Å². The molecule has 0 radical (unpaired) electrons. The Kier molecular flexibility index (Phi) is 24.2. The molecule has 0 amide bonds. The molecule has 358 valence electrons. The molecule has 4 fully saturated rings. The lowest BCUT2D eigenvalue weighted by molar-refractivity contribution is -0.0708. The fourth-order valence-corrected chi connectivity index (χ4v) is 12.9. The summed E-state index contributed by atoms with van der Waals surface area (Å²) in [6.45, 7) is 19.3. The van der Waals surface area contributed by atoms with Crippen LogP contribution in [0.15, 0.2) is 36.0 Å². The first kappa shape index (κ1) is 52.0. The molecule has 5 rings (SSSR count). The van der Waals surface area contributed by atoms with Gasteiger partial charge in [-0.2, -0.15) is 0 Å². The number of nitrogens with zero attached hydrogens (tertiary/aromatic N) is 1. The molecule has 2 unspecified atom stereocenters. The highest BCUT2D eigenvalue weighted by atomic mass is 16.6. The predicted molar refractivity (Wildman–Crippen MR) is 261 cm³/mol. The van der Waals surface area contributed by atoms with Crippen molar-refractivity contribution in [2.24, 2.45) is 40.4 Å². The van der Waals surface area contributed by atoms with Gasteiger partial charge in [0.05, 0.1) is 51.3 Å². The maximum absolute atomic E-state index is 6.51. The van der Waals surface area contributed by atoms with Gasteiger partial charge in [0.15, 0.2) is 0 Å². The average Bonchev–Trinajstić information content (AvgIpc) is 3.87. The van der Waals surface area contributed by atoms with Crippen LogP contribution >= 0.6 is 0 Å². The molecule has 0 bridgehead atoms. The molecule has 0 aromatic heterocycles. The lowest BCUT2D eigenvalue weighted by Crippen LogP contribution is -2.50. The third kappa shape index (κ3) is 16.7. The van der Waals surface area contributed by atoms with Crippen LogP contribution in [0.3, 0.4) is 0 Å². The van der Waals surface area contributed by atoms with Crippen molar-refractivity contribution < 1.29 is 23.7 Å². The SMILES string of the molecule is CCCCC/C=C\C/C=C\CCCCCCCCOCC(CN1CCC(OC)C1)OCCOCCO[C@H]1CC[C@@]2(C)C(=CC[C@H]3[C@@H]4CC[C@H](CCCCC(C)C)[C@@]4(C)CC[C@@H]32)C1. The zero-order chi connectivity index (χ0) is 43.9. The molecule has 1 aliphatic heterocycles. The van der Waals surface area contributed by atoms with Crippen LogP contribution < -0.4 is 0 Å². The molecular weight excluding hydrogens is 767 g/mol. The van der Waals surface area contributed by atoms with Crippen LogP contribution in [0, 0.1) is 40.4 Å². The summed E-state index contributed by atoms with van der Waals surface area (Å²) in [4.78, 5) is 2.47. The summed E-state index contributed by atoms with van der Waals surface area (Å²) in [7, 11) is 1.83. The number of fused-ring (bicyclic) bond motifs is 5. The zero-order valence-corrected chi connectivity index (χ0v) is 41.5. The van der Waals surface area contributed by atoms with Crippen LogP contribution in [0.5, 0.6) is 0 Å². The largest absolute Gasteiger partial charge is 0.380 e. The molecule has 6 nitrogen and oxygen atoms in total. The Labute approximate surface area is 383 Å². The van der Waals surface area contributed by atoms with Crippen LogP contribution in [0.1, 0.15) is 195 Å². The molecule has 0 aromatic carbocycles. The van der Waals surface area contributed by atoms with Gasteiger partial charge in [-0.15, -0.1) is 0 Å². The number of unbranched alkanes of at least 4 members (excludes halogenated alkanes) is 10. The molecule has 4 aliphatic carbocycles. The van der Waals surface area contributed by atoms with Crippen molar-refractivity contribution >= 4 is 0 Å². The van der Waals surface area contributed by atoms with E-state index in [1.165, 1.54) is 135 Å². The van der Waals surface area contributed by atoms with E-state index in [2.05, 4.69) is 69.9 Å². The maximum atomic E-state index is 6.51. The number of hydrogen-bond donors (Lipinski definition) is 0. The molecule has 6 heteroatoms. The van der Waals surface area contributed by atoms with E-state index in [-0.39, 0.29) is 6.10 Å². The Hall–Kier alpha value is -1.02. The zero-order valence-electron chi connectivity index (χ0n) is 41.5. The van der Waals surface area contributed by atoms with Crippen molar-refractivity contribution in [2.45, 2.75) is 213 Å². The molecule has 5 aliphatic rings. The minimum atomic E-state index is 0.0579. The highest BCUT2D eigenvalue weighted by molar-refractivity contribution is 5.25. The molecule has 1 heterocycles. The third-order valence-corrected chi connectivity index (χ3v) is 16.8. The molecule has 0 aromatic rings. The average molecular weight is 866 g/mol. The van der Waals surface area contributed by atoms with Crippen molar-refractivity contribution in [3.63, 3.8) is 0 Å². The summed E-state index contributed by atoms with van der Waals surface area (Å²) >= 11 is 0. The minimum absolute atomic E-state index is 0.0579. The first-order chi connectivity index (χ1) is 30.3. The van der Waals surface area contributed by atoms with Gasteiger partial charge in [0.1, 0.15) is 0 Å². The van der Waals surface area contributed by atoms with Gasteiger partial charge in [0.2, 0.25) is 0 Å². The molecule has 3 saturated carbocycles. The van der Waals surface area contributed by atoms with Gasteiger partial charge in [-0.05, 0) is 143 Å². The van der Waals surface area contributed by atoms with E-state index in [0.717, 1.165) is 81.5 Å². The summed E-state index contributed by atoms with van der Waals surface area (Å²) in [5.74, 6) is 4.54. The second kappa shape index (κ2) is 28.9. The van der Waals surface area contributed by atoms with Crippen molar-refractivity contribution in [3.8, 4) is 0 Å². The van der Waals surface area contributed by atoms with Gasteiger partial charge in [0, 0.05) is 33.4 Å². The Bertz CT molecular complexity index is 1280. The number of methoxy groups -OCH3 is 1. The monoisotopic (exact) mass is 866 g/mol. The number of allylic oxidation sites excluding steroid dienone is 5. The Morgan fingerprint density at radius 2 is 1.52 bits per heavy atom. The first-order valence-corrected chi connectivity index (χ1v) is 26.9. The molecular formula is C56H99NO5. The van der Waals surface area contributed by atoms with E-state index in [1.54, 1.807) is 5.57 Å². The van der Waals surface area contributed by atoms with Crippen LogP contribution in [-0.4, -0.2) is 89.6 Å². The van der Waals surface area contributed by atoms with Crippen LogP contribution in [0.4, 0.5) is 0 Å². The second-order valence-electron chi connectivity index (χ2n) is 21.7. The maximum Gasteiger partial charge on any atom is 0.0936 e. The fourth-order valence-electron chi connectivity index (χ4n) is 12.9. The predicted octanol–water partition coefficient (Wildman–Crippen LogP) is 14.1. The van der Waals surface area contributed by atoms with Gasteiger partial charge >= 0.3 is 0 Å². The highest BCUT2D eigenvalue weighted by Crippen LogP contribution is 2.67. The Balaban J connectivity index is 0.912. The number of likely N-dealkylation sites (tertiary alicyclic amines) is 1. The highest BCUT2D eigenvalue weighted by Gasteiger charge is 2.58. The van der Waals surface area contributed by atoms with Crippen molar-refractivity contribution in [1.29, 1.82) is 0 Å². The van der Waals surface area contributed by atoms with Gasteiger partial charge < -0.3 is 23.7 Å². The van der Waals surface area contributed by atoms with Crippen LogP contribution in [0.25, 0.3) is 0 Å². The molecule has 0 N–H and O–H groups in total. The van der Waals surface area contributed by atoms with Crippen molar-refractivity contribution in [3.05, 3.63) is 36.0 Å². The van der Waals surface area contributed by atoms with Gasteiger partial charge in [-0.25, -0.2) is 0 Å². The topological polar surface area (TPSA) is 49.4 Å². The number of rotatable bonds is 33. The fraction of sp³-hybridized carbons (Fsp3) is 0.893. The first-order valence-electron chi connectivity index (χ1n) is 26.9. The van der Waals surface area contributed by atoms with Gasteiger partial charge in [-0.3, -0.25) is 4.90 Å². The smallest absolute Gasteiger partial charge is 0.0936 e. The molecule has 62 heavy (non-hydrogen) atoms. The minimum Gasteiger partial charge on any atom is -0.380 e. The van der Waals surface area contributed by atoms with E-state index >= 15 is 0 Å². The number of ether oxygens (including phenoxy) is 5. The lowest BCUT2D eigenvalue weighted by Gasteiger charge is -2.58. The molecule has 9 atom stereocenters. The van der Waals surface area contributed by atoms with Crippen LogP contribution in [0.2, 0.25) is 0 Å². The Morgan fingerprint density at radius 3 is 2.29 bits per heavy atom. The third-order valence-electron chi connectivity index (χ3n) is 16.8. The van der Waals surface area contributed by atoms with Gasteiger partial charge in [0.25, 0.3) is 0 Å². The molecule has 1 saturated heterocycles. The summed E-state index contributed by atoms with van der Waals surface area (Å²) in [5.41, 5.74) is 2.70. The summed E-state index contributed by atoms with van der Waals surface area (Å²) < 4.78 is 30.8.